The molecule has 6 nitrogen and oxygen atoms in total. The number of sulfonamides is 1. The highest BCUT2D eigenvalue weighted by atomic mass is 32.2. The molecule has 1 aromatic carbocycles. The number of fused-ring (bicyclic) bond motifs is 1. The Kier molecular flexibility index (Phi) is 5.61. The van der Waals surface area contributed by atoms with Gasteiger partial charge in [-0.15, -0.1) is 0 Å². The number of nitrogens with zero attached hydrogens (tertiary/aromatic N) is 3. The predicted octanol–water partition coefficient (Wildman–Crippen LogP) is 2.78. The second kappa shape index (κ2) is 7.90. The van der Waals surface area contributed by atoms with Crippen molar-refractivity contribution in [3.05, 3.63) is 66.1 Å². The van der Waals surface area contributed by atoms with Crippen LogP contribution < -0.4 is 0 Å². The number of aryl methyl sites for hydroxylation is 1. The Bertz CT molecular complexity index is 991. The van der Waals surface area contributed by atoms with E-state index in [4.69, 9.17) is 4.74 Å². The van der Waals surface area contributed by atoms with Crippen molar-refractivity contribution in [3.63, 3.8) is 0 Å². The van der Waals surface area contributed by atoms with Gasteiger partial charge in [-0.05, 0) is 36.2 Å². The van der Waals surface area contributed by atoms with Crippen molar-refractivity contribution >= 4 is 20.9 Å². The first-order chi connectivity index (χ1) is 12.5. The molecule has 26 heavy (non-hydrogen) atoms. The van der Waals surface area contributed by atoms with Crippen LogP contribution >= 0.6 is 0 Å². The Balaban J connectivity index is 2.05. The monoisotopic (exact) mass is 371 g/mol. The maximum atomic E-state index is 13.4. The van der Waals surface area contributed by atoms with Gasteiger partial charge in [-0.2, -0.15) is 4.31 Å². The molecule has 0 radical (unpaired) electrons. The molecule has 0 N–H and O–H groups in total. The molecule has 136 valence electrons. The van der Waals surface area contributed by atoms with Crippen LogP contribution in [0.5, 0.6) is 0 Å². The van der Waals surface area contributed by atoms with Crippen LogP contribution in [0.1, 0.15) is 11.1 Å². The zero-order chi connectivity index (χ0) is 18.6. The van der Waals surface area contributed by atoms with E-state index < -0.39 is 10.0 Å². The molecule has 0 aliphatic carbocycles. The lowest BCUT2D eigenvalue weighted by Gasteiger charge is -2.22. The molecule has 2 aromatic heterocycles. The second-order valence-corrected chi connectivity index (χ2v) is 7.94. The highest BCUT2D eigenvalue weighted by Crippen LogP contribution is 2.25. The normalized spacial score (nSPS) is 12.0. The molecule has 0 amide bonds. The molecule has 0 fully saturated rings. The first-order valence-electron chi connectivity index (χ1n) is 8.26. The summed E-state index contributed by atoms with van der Waals surface area (Å²) in [5.74, 6) is 0. The lowest BCUT2D eigenvalue weighted by Crippen LogP contribution is -2.33. The third-order valence-corrected chi connectivity index (χ3v) is 5.93. The summed E-state index contributed by atoms with van der Waals surface area (Å²) in [6, 6.07) is 10.8. The molecule has 0 aliphatic rings. The van der Waals surface area contributed by atoms with E-state index >= 15 is 0 Å². The molecule has 7 heteroatoms. The van der Waals surface area contributed by atoms with Crippen LogP contribution in [0.25, 0.3) is 10.9 Å². The van der Waals surface area contributed by atoms with Gasteiger partial charge in [0.15, 0.2) is 0 Å². The minimum absolute atomic E-state index is 0.204. The number of para-hydroxylation sites is 1. The van der Waals surface area contributed by atoms with E-state index in [1.54, 1.807) is 43.9 Å². The quantitative estimate of drug-likeness (QED) is 0.639. The molecule has 0 atom stereocenters. The molecule has 0 aliphatic heterocycles. The van der Waals surface area contributed by atoms with Gasteiger partial charge >= 0.3 is 0 Å². The number of aromatic nitrogens is 2. The van der Waals surface area contributed by atoms with E-state index in [1.165, 1.54) is 4.31 Å². The van der Waals surface area contributed by atoms with E-state index in [0.717, 1.165) is 16.5 Å². The van der Waals surface area contributed by atoms with Gasteiger partial charge in [0.2, 0.25) is 10.0 Å². The van der Waals surface area contributed by atoms with Gasteiger partial charge in [-0.1, -0.05) is 18.2 Å². The van der Waals surface area contributed by atoms with Gasteiger partial charge in [-0.25, -0.2) is 8.42 Å². The van der Waals surface area contributed by atoms with E-state index in [0.29, 0.717) is 12.1 Å². The molecular formula is C19H21N3O3S. The van der Waals surface area contributed by atoms with Crippen LogP contribution in [-0.2, 0) is 21.3 Å². The van der Waals surface area contributed by atoms with Crippen molar-refractivity contribution in [2.75, 3.05) is 20.3 Å². The molecule has 0 unspecified atom stereocenters. The number of benzene rings is 1. The number of hydrogen-bond donors (Lipinski definition) is 0. The predicted molar refractivity (Wildman–Crippen MR) is 100 cm³/mol. The molecule has 0 bridgehead atoms. The highest BCUT2D eigenvalue weighted by Gasteiger charge is 2.27. The van der Waals surface area contributed by atoms with Gasteiger partial charge in [-0.3, -0.25) is 9.97 Å². The van der Waals surface area contributed by atoms with Crippen LogP contribution in [0.3, 0.4) is 0 Å². The minimum Gasteiger partial charge on any atom is -0.383 e. The number of rotatable bonds is 7. The Morgan fingerprint density at radius 3 is 2.73 bits per heavy atom. The maximum Gasteiger partial charge on any atom is 0.245 e. The molecule has 2 heterocycles. The van der Waals surface area contributed by atoms with Crippen LogP contribution in [0.15, 0.2) is 59.9 Å². The van der Waals surface area contributed by atoms with Crippen molar-refractivity contribution in [2.45, 2.75) is 18.4 Å². The topological polar surface area (TPSA) is 72.4 Å². The van der Waals surface area contributed by atoms with Crippen molar-refractivity contribution in [1.82, 2.24) is 14.3 Å². The summed E-state index contributed by atoms with van der Waals surface area (Å²) >= 11 is 0. The maximum absolute atomic E-state index is 13.4. The summed E-state index contributed by atoms with van der Waals surface area (Å²) in [5, 5.41) is 0.805. The lowest BCUT2D eigenvalue weighted by molar-refractivity contribution is 0.177. The van der Waals surface area contributed by atoms with Gasteiger partial charge in [0.25, 0.3) is 0 Å². The molecule has 3 aromatic rings. The lowest BCUT2D eigenvalue weighted by atomic mass is 10.2. The third kappa shape index (κ3) is 3.90. The fraction of sp³-hybridized carbons (Fsp3) is 0.263. The fourth-order valence-electron chi connectivity index (χ4n) is 2.76. The van der Waals surface area contributed by atoms with Gasteiger partial charge < -0.3 is 4.74 Å². The summed E-state index contributed by atoms with van der Waals surface area (Å²) in [4.78, 5) is 8.64. The smallest absolute Gasteiger partial charge is 0.245 e. The Labute approximate surface area is 153 Å². The van der Waals surface area contributed by atoms with Crippen LogP contribution in [0.4, 0.5) is 0 Å². The van der Waals surface area contributed by atoms with Crippen molar-refractivity contribution < 1.29 is 13.2 Å². The first-order valence-corrected chi connectivity index (χ1v) is 9.70. The van der Waals surface area contributed by atoms with E-state index in [1.807, 2.05) is 25.1 Å². The zero-order valence-electron chi connectivity index (χ0n) is 14.8. The summed E-state index contributed by atoms with van der Waals surface area (Å²) in [6.07, 6.45) is 5.01. The number of pyridine rings is 2. The average Bonchev–Trinajstić information content (AvgIpc) is 2.65. The summed E-state index contributed by atoms with van der Waals surface area (Å²) < 4.78 is 33.2. The van der Waals surface area contributed by atoms with Crippen LogP contribution in [-0.4, -0.2) is 43.0 Å². The first kappa shape index (κ1) is 18.4. The molecule has 0 spiro atoms. The summed E-state index contributed by atoms with van der Waals surface area (Å²) in [6.45, 7) is 2.70. The van der Waals surface area contributed by atoms with E-state index in [9.17, 15) is 8.42 Å². The molecule has 0 saturated heterocycles. The van der Waals surface area contributed by atoms with E-state index in [-0.39, 0.29) is 18.0 Å². The fourth-order valence-corrected chi connectivity index (χ4v) is 4.34. The largest absolute Gasteiger partial charge is 0.383 e. The number of ether oxygens (including phenoxy) is 1. The standard InChI is InChI=1S/C19H21N3O3S/c1-15-11-17-6-3-7-18(19(17)21-12-15)26(23,24)22(9-10-25-2)14-16-5-4-8-20-13-16/h3-8,11-13H,9-10,14H2,1-2H3. The average molecular weight is 371 g/mol. The van der Waals surface area contributed by atoms with Gasteiger partial charge in [0, 0.05) is 44.2 Å². The SMILES string of the molecule is COCCN(Cc1cccnc1)S(=O)(=O)c1cccc2cc(C)cnc12. The molecule has 3 rings (SSSR count). The number of methoxy groups -OCH3 is 1. The Hall–Kier alpha value is -2.35. The highest BCUT2D eigenvalue weighted by molar-refractivity contribution is 7.89. The zero-order valence-corrected chi connectivity index (χ0v) is 15.6. The molecule has 0 saturated carbocycles. The van der Waals surface area contributed by atoms with Crippen LogP contribution in [0.2, 0.25) is 0 Å². The van der Waals surface area contributed by atoms with Crippen molar-refractivity contribution in [2.24, 2.45) is 0 Å². The summed E-state index contributed by atoms with van der Waals surface area (Å²) in [7, 11) is -2.20. The van der Waals surface area contributed by atoms with Crippen molar-refractivity contribution in [3.8, 4) is 0 Å². The van der Waals surface area contributed by atoms with E-state index in [2.05, 4.69) is 9.97 Å². The van der Waals surface area contributed by atoms with Crippen LogP contribution in [0, 0.1) is 6.92 Å². The Morgan fingerprint density at radius 1 is 1.15 bits per heavy atom. The Morgan fingerprint density at radius 2 is 2.00 bits per heavy atom. The van der Waals surface area contributed by atoms with Gasteiger partial charge in [0.05, 0.1) is 12.1 Å². The third-order valence-electron chi connectivity index (χ3n) is 4.06. The minimum atomic E-state index is -3.75. The number of hydrogen-bond acceptors (Lipinski definition) is 5. The van der Waals surface area contributed by atoms with Gasteiger partial charge in [0.1, 0.15) is 4.90 Å². The molecular weight excluding hydrogens is 350 g/mol. The second-order valence-electron chi connectivity index (χ2n) is 6.03. The van der Waals surface area contributed by atoms with Crippen molar-refractivity contribution in [1.29, 1.82) is 0 Å². The summed E-state index contributed by atoms with van der Waals surface area (Å²) in [5.41, 5.74) is 2.28.